The molecule has 1 aromatic carbocycles. The first-order valence-electron chi connectivity index (χ1n) is 8.68. The van der Waals surface area contributed by atoms with Crippen LogP contribution >= 0.6 is 0 Å². The minimum Gasteiger partial charge on any atom is -0.357 e. The van der Waals surface area contributed by atoms with Gasteiger partial charge >= 0.3 is 0 Å². The lowest BCUT2D eigenvalue weighted by Gasteiger charge is -2.46. The molecule has 0 bridgehead atoms. The van der Waals surface area contributed by atoms with Crippen molar-refractivity contribution in [1.82, 2.24) is 14.8 Å². The van der Waals surface area contributed by atoms with Gasteiger partial charge in [0.1, 0.15) is 11.5 Å². The second-order valence-corrected chi connectivity index (χ2v) is 7.10. The van der Waals surface area contributed by atoms with Gasteiger partial charge in [-0.05, 0) is 43.8 Å². The van der Waals surface area contributed by atoms with E-state index in [-0.39, 0.29) is 29.7 Å². The van der Waals surface area contributed by atoms with Crippen molar-refractivity contribution in [3.63, 3.8) is 0 Å². The lowest BCUT2D eigenvalue weighted by Crippen LogP contribution is -2.64. The van der Waals surface area contributed by atoms with E-state index in [4.69, 9.17) is 0 Å². The number of aromatic amines is 1. The first-order valence-corrected chi connectivity index (χ1v) is 8.68. The molecular formula is C19H21FN4O2. The summed E-state index contributed by atoms with van der Waals surface area (Å²) in [5, 5.41) is 0. The van der Waals surface area contributed by atoms with E-state index in [1.54, 1.807) is 35.4 Å². The van der Waals surface area contributed by atoms with E-state index in [0.717, 1.165) is 6.42 Å². The first-order chi connectivity index (χ1) is 12.5. The fourth-order valence-electron chi connectivity index (χ4n) is 3.94. The van der Waals surface area contributed by atoms with Crippen molar-refractivity contribution in [2.75, 3.05) is 38.1 Å². The summed E-state index contributed by atoms with van der Waals surface area (Å²) >= 11 is 0. The molecule has 1 spiro atoms. The van der Waals surface area contributed by atoms with E-state index >= 15 is 0 Å². The number of benzene rings is 1. The van der Waals surface area contributed by atoms with Crippen LogP contribution in [0.2, 0.25) is 0 Å². The van der Waals surface area contributed by atoms with Crippen molar-refractivity contribution in [3.8, 4) is 0 Å². The minimum atomic E-state index is -0.363. The number of aromatic nitrogens is 1. The molecule has 1 N–H and O–H groups in total. The predicted molar refractivity (Wildman–Crippen MR) is 95.4 cm³/mol. The molecule has 2 aliphatic rings. The van der Waals surface area contributed by atoms with Gasteiger partial charge in [0.2, 0.25) is 5.91 Å². The number of carbonyl (C=O) groups is 2. The average molecular weight is 356 g/mol. The zero-order valence-electron chi connectivity index (χ0n) is 14.6. The lowest BCUT2D eigenvalue weighted by atomic mass is 9.92. The highest BCUT2D eigenvalue weighted by atomic mass is 19.1. The van der Waals surface area contributed by atoms with Crippen LogP contribution in [0.3, 0.4) is 0 Å². The summed E-state index contributed by atoms with van der Waals surface area (Å²) in [6.07, 6.45) is 2.51. The Hall–Kier alpha value is -2.67. The van der Waals surface area contributed by atoms with Crippen LogP contribution in [0.4, 0.5) is 10.1 Å². The zero-order valence-corrected chi connectivity index (χ0v) is 14.6. The van der Waals surface area contributed by atoms with Crippen molar-refractivity contribution < 1.29 is 14.0 Å². The Bertz CT molecular complexity index is 838. The van der Waals surface area contributed by atoms with Gasteiger partial charge in [-0.25, -0.2) is 4.39 Å². The standard InChI is InChI=1S/C19H21FN4O2/c1-22-11-17(25)24(15-5-2-4-14(20)10-15)13-19(22)7-9-23(12-19)18(26)16-6-3-8-21-16/h2-6,8,10,21H,7,9,11-13H2,1H3/t19-/m1/s1. The second kappa shape index (κ2) is 6.25. The fraction of sp³-hybridized carbons (Fsp3) is 0.368. The summed E-state index contributed by atoms with van der Waals surface area (Å²) in [4.78, 5) is 33.6. The summed E-state index contributed by atoms with van der Waals surface area (Å²) in [7, 11) is 1.92. The molecule has 2 aromatic rings. The summed E-state index contributed by atoms with van der Waals surface area (Å²) in [5.74, 6) is -0.453. The number of hydrogen-bond acceptors (Lipinski definition) is 3. The molecule has 1 atom stereocenters. The normalized spacial score (nSPS) is 23.8. The molecule has 3 heterocycles. The third kappa shape index (κ3) is 2.78. The Morgan fingerprint density at radius 1 is 1.23 bits per heavy atom. The maximum Gasteiger partial charge on any atom is 0.270 e. The van der Waals surface area contributed by atoms with Gasteiger partial charge < -0.3 is 14.8 Å². The summed E-state index contributed by atoms with van der Waals surface area (Å²) in [6.45, 7) is 1.87. The third-order valence-corrected chi connectivity index (χ3v) is 5.50. The highest BCUT2D eigenvalue weighted by Gasteiger charge is 2.48. The molecular weight excluding hydrogens is 335 g/mol. The van der Waals surface area contributed by atoms with Gasteiger partial charge in [0.25, 0.3) is 5.91 Å². The Balaban J connectivity index is 1.57. The number of halogens is 1. The Morgan fingerprint density at radius 3 is 2.81 bits per heavy atom. The van der Waals surface area contributed by atoms with Crippen LogP contribution < -0.4 is 4.90 Å². The van der Waals surface area contributed by atoms with Gasteiger partial charge in [0.05, 0.1) is 12.1 Å². The summed E-state index contributed by atoms with van der Waals surface area (Å²) in [5.41, 5.74) is 0.817. The maximum atomic E-state index is 13.6. The average Bonchev–Trinajstić information content (AvgIpc) is 3.29. The topological polar surface area (TPSA) is 59.7 Å². The number of likely N-dealkylation sites (N-methyl/N-ethyl adjacent to an activating group) is 1. The molecule has 0 saturated carbocycles. The van der Waals surface area contributed by atoms with Crippen LogP contribution in [-0.4, -0.2) is 65.4 Å². The number of piperazine rings is 1. The maximum absolute atomic E-state index is 13.6. The fourth-order valence-corrected chi connectivity index (χ4v) is 3.94. The Morgan fingerprint density at radius 2 is 2.08 bits per heavy atom. The lowest BCUT2D eigenvalue weighted by molar-refractivity contribution is -0.123. The van der Waals surface area contributed by atoms with Gasteiger partial charge in [0.15, 0.2) is 0 Å². The molecule has 0 radical (unpaired) electrons. The highest BCUT2D eigenvalue weighted by Crippen LogP contribution is 2.34. The molecule has 0 aliphatic carbocycles. The monoisotopic (exact) mass is 356 g/mol. The molecule has 4 rings (SSSR count). The van der Waals surface area contributed by atoms with Crippen LogP contribution in [-0.2, 0) is 4.79 Å². The summed E-state index contributed by atoms with van der Waals surface area (Å²) < 4.78 is 13.6. The molecule has 6 nitrogen and oxygen atoms in total. The number of rotatable bonds is 2. The Labute approximate surface area is 151 Å². The Kier molecular flexibility index (Phi) is 4.03. The second-order valence-electron chi connectivity index (χ2n) is 7.10. The van der Waals surface area contributed by atoms with Crippen LogP contribution in [0.1, 0.15) is 16.9 Å². The number of hydrogen-bond donors (Lipinski definition) is 1. The zero-order chi connectivity index (χ0) is 18.3. The van der Waals surface area contributed by atoms with Gasteiger partial charge in [-0.3, -0.25) is 14.5 Å². The molecule has 0 unspecified atom stereocenters. The number of carbonyl (C=O) groups excluding carboxylic acids is 2. The van der Waals surface area contributed by atoms with Crippen LogP contribution in [0.25, 0.3) is 0 Å². The van der Waals surface area contributed by atoms with E-state index in [1.165, 1.54) is 12.1 Å². The van der Waals surface area contributed by atoms with Crippen molar-refractivity contribution in [3.05, 3.63) is 54.1 Å². The smallest absolute Gasteiger partial charge is 0.270 e. The quantitative estimate of drug-likeness (QED) is 0.891. The van der Waals surface area contributed by atoms with Gasteiger partial charge in [-0.2, -0.15) is 0 Å². The van der Waals surface area contributed by atoms with Crippen molar-refractivity contribution in [1.29, 1.82) is 0 Å². The molecule has 26 heavy (non-hydrogen) atoms. The number of nitrogens with one attached hydrogen (secondary N) is 1. The van der Waals surface area contributed by atoms with Crippen LogP contribution in [0.5, 0.6) is 0 Å². The molecule has 2 saturated heterocycles. The van der Waals surface area contributed by atoms with Gasteiger partial charge in [0, 0.05) is 31.5 Å². The van der Waals surface area contributed by atoms with Gasteiger partial charge in [-0.15, -0.1) is 0 Å². The molecule has 2 fully saturated rings. The van der Waals surface area contributed by atoms with E-state index in [9.17, 15) is 14.0 Å². The van der Waals surface area contributed by atoms with E-state index < -0.39 is 0 Å². The number of likely N-dealkylation sites (tertiary alicyclic amines) is 1. The first kappa shape index (κ1) is 16.8. The summed E-state index contributed by atoms with van der Waals surface area (Å²) in [6, 6.07) is 9.67. The number of amides is 2. The van der Waals surface area contributed by atoms with Crippen LogP contribution in [0.15, 0.2) is 42.6 Å². The van der Waals surface area contributed by atoms with Crippen LogP contribution in [0, 0.1) is 5.82 Å². The molecule has 1 aromatic heterocycles. The van der Waals surface area contributed by atoms with E-state index in [2.05, 4.69) is 4.98 Å². The number of H-pyrrole nitrogens is 1. The van der Waals surface area contributed by atoms with Crippen molar-refractivity contribution >= 4 is 17.5 Å². The minimum absolute atomic E-state index is 0.0329. The van der Waals surface area contributed by atoms with E-state index in [0.29, 0.717) is 31.0 Å². The van der Waals surface area contributed by atoms with Gasteiger partial charge in [-0.1, -0.05) is 6.07 Å². The number of anilines is 1. The molecule has 2 aliphatic heterocycles. The predicted octanol–water partition coefficient (Wildman–Crippen LogP) is 1.72. The number of nitrogens with zero attached hydrogens (tertiary/aromatic N) is 3. The molecule has 2 amide bonds. The highest BCUT2D eigenvalue weighted by molar-refractivity contribution is 5.96. The molecule has 7 heteroatoms. The molecule has 136 valence electrons. The van der Waals surface area contributed by atoms with Crippen molar-refractivity contribution in [2.45, 2.75) is 12.0 Å². The third-order valence-electron chi connectivity index (χ3n) is 5.50. The van der Waals surface area contributed by atoms with E-state index in [1.807, 2.05) is 16.8 Å². The SMILES string of the molecule is CN1CC(=O)N(c2cccc(F)c2)C[C@]12CCN(C(=O)c1ccc[nH]1)C2. The largest absolute Gasteiger partial charge is 0.357 e. The van der Waals surface area contributed by atoms with Crippen molar-refractivity contribution in [2.24, 2.45) is 0 Å².